The molecule has 0 unspecified atom stereocenters. The molecule has 5 nitrogen and oxygen atoms in total. The summed E-state index contributed by atoms with van der Waals surface area (Å²) in [5.41, 5.74) is 1.85. The summed E-state index contributed by atoms with van der Waals surface area (Å²) in [5.74, 6) is 0.570. The summed E-state index contributed by atoms with van der Waals surface area (Å²) < 4.78 is 1.86. The van der Waals surface area contributed by atoms with Gasteiger partial charge in [0.05, 0.1) is 6.04 Å². The maximum absolute atomic E-state index is 13.0. The van der Waals surface area contributed by atoms with Crippen molar-refractivity contribution < 1.29 is 4.79 Å². The minimum atomic E-state index is -0.0381. The Kier molecular flexibility index (Phi) is 3.61. The Hall–Kier alpha value is -2.95. The molecule has 0 bridgehead atoms. The van der Waals surface area contributed by atoms with Crippen molar-refractivity contribution >= 4 is 11.9 Å². The second-order valence-electron chi connectivity index (χ2n) is 6.06. The van der Waals surface area contributed by atoms with Gasteiger partial charge in [0.2, 0.25) is 5.95 Å². The molecule has 0 N–H and O–H groups in total. The van der Waals surface area contributed by atoms with E-state index in [0.29, 0.717) is 11.5 Å². The van der Waals surface area contributed by atoms with Crippen LogP contribution in [0.15, 0.2) is 67.0 Å². The van der Waals surface area contributed by atoms with Gasteiger partial charge in [-0.15, -0.1) is 0 Å². The normalized spacial score (nSPS) is 19.8. The Morgan fingerprint density at radius 2 is 1.71 bits per heavy atom. The van der Waals surface area contributed by atoms with Gasteiger partial charge in [0.15, 0.2) is 0 Å². The highest BCUT2D eigenvalue weighted by molar-refractivity contribution is 6.05. The number of fused-ring (bicyclic) bond motifs is 1. The van der Waals surface area contributed by atoms with Crippen LogP contribution in [0, 0.1) is 0 Å². The van der Waals surface area contributed by atoms with E-state index in [4.69, 9.17) is 0 Å². The average molecular weight is 318 g/mol. The number of anilines is 1. The van der Waals surface area contributed by atoms with Crippen molar-refractivity contribution in [3.63, 3.8) is 0 Å². The Labute approximate surface area is 140 Å². The van der Waals surface area contributed by atoms with E-state index in [2.05, 4.69) is 29.1 Å². The average Bonchev–Trinajstić information content (AvgIpc) is 3.11. The lowest BCUT2D eigenvalue weighted by Crippen LogP contribution is -2.46. The van der Waals surface area contributed by atoms with Crippen LogP contribution in [-0.4, -0.2) is 26.7 Å². The van der Waals surface area contributed by atoms with Gasteiger partial charge >= 0.3 is 0 Å². The number of nitrogens with zero attached hydrogens (tertiary/aromatic N) is 4. The number of amides is 1. The molecule has 4 rings (SSSR count). The van der Waals surface area contributed by atoms with E-state index in [0.717, 1.165) is 6.42 Å². The molecule has 1 amide bonds. The van der Waals surface area contributed by atoms with Crippen molar-refractivity contribution in [3.8, 4) is 0 Å². The van der Waals surface area contributed by atoms with Crippen LogP contribution in [0.1, 0.15) is 35.3 Å². The molecule has 0 spiro atoms. The van der Waals surface area contributed by atoms with E-state index in [1.54, 1.807) is 4.90 Å². The third-order valence-electron chi connectivity index (χ3n) is 4.49. The third-order valence-corrected chi connectivity index (χ3v) is 4.49. The molecule has 0 saturated carbocycles. The maximum Gasteiger partial charge on any atom is 0.260 e. The van der Waals surface area contributed by atoms with Gasteiger partial charge < -0.3 is 0 Å². The standard InChI is InChI=1S/C19H18N4O/c1-14-12-17(15-8-4-2-5-9-15)23-19(20-13-21-23)22(14)18(24)16-10-6-3-7-11-16/h2-11,13-14,17H,12H2,1H3/t14-,17-/m0/s1. The number of carbonyl (C=O) groups is 1. The lowest BCUT2D eigenvalue weighted by atomic mass is 9.97. The van der Waals surface area contributed by atoms with Gasteiger partial charge in [-0.3, -0.25) is 9.69 Å². The SMILES string of the molecule is C[C@H]1C[C@@H](c2ccccc2)n2ncnc2N1C(=O)c1ccccc1. The first-order chi connectivity index (χ1) is 11.8. The fourth-order valence-electron chi connectivity index (χ4n) is 3.33. The molecular formula is C19H18N4O. The maximum atomic E-state index is 13.0. The van der Waals surface area contributed by atoms with Crippen LogP contribution in [0.2, 0.25) is 0 Å². The van der Waals surface area contributed by atoms with E-state index in [1.807, 2.05) is 53.2 Å². The highest BCUT2D eigenvalue weighted by Gasteiger charge is 2.36. The Bertz CT molecular complexity index is 844. The number of hydrogen-bond donors (Lipinski definition) is 0. The summed E-state index contributed by atoms with van der Waals surface area (Å²) in [6, 6.07) is 19.7. The molecule has 3 aromatic rings. The van der Waals surface area contributed by atoms with Crippen molar-refractivity contribution in [1.82, 2.24) is 14.8 Å². The van der Waals surface area contributed by atoms with Crippen LogP contribution in [0.3, 0.4) is 0 Å². The van der Waals surface area contributed by atoms with Gasteiger partial charge in [0.1, 0.15) is 6.33 Å². The molecule has 1 aromatic heterocycles. The fraction of sp³-hybridized carbons (Fsp3) is 0.211. The minimum Gasteiger partial charge on any atom is -0.274 e. The minimum absolute atomic E-state index is 0.0381. The monoisotopic (exact) mass is 318 g/mol. The van der Waals surface area contributed by atoms with E-state index < -0.39 is 0 Å². The number of carbonyl (C=O) groups excluding carboxylic acids is 1. The van der Waals surface area contributed by atoms with Crippen LogP contribution in [-0.2, 0) is 0 Å². The van der Waals surface area contributed by atoms with Crippen LogP contribution >= 0.6 is 0 Å². The molecule has 0 aliphatic carbocycles. The van der Waals surface area contributed by atoms with Crippen LogP contribution < -0.4 is 4.90 Å². The smallest absolute Gasteiger partial charge is 0.260 e. The predicted octanol–water partition coefficient (Wildman–Crippen LogP) is 3.31. The fourth-order valence-corrected chi connectivity index (χ4v) is 3.33. The molecule has 0 radical (unpaired) electrons. The molecule has 5 heteroatoms. The summed E-state index contributed by atoms with van der Waals surface area (Å²) in [6.07, 6.45) is 2.33. The summed E-state index contributed by atoms with van der Waals surface area (Å²) in [5, 5.41) is 4.39. The van der Waals surface area contributed by atoms with Gasteiger partial charge in [0, 0.05) is 11.6 Å². The summed E-state index contributed by atoms with van der Waals surface area (Å²) >= 11 is 0. The molecule has 2 atom stereocenters. The molecule has 0 saturated heterocycles. The summed E-state index contributed by atoms with van der Waals surface area (Å²) in [7, 11) is 0. The largest absolute Gasteiger partial charge is 0.274 e. The summed E-state index contributed by atoms with van der Waals surface area (Å²) in [4.78, 5) is 19.1. The quantitative estimate of drug-likeness (QED) is 0.728. The van der Waals surface area contributed by atoms with Crippen LogP contribution in [0.25, 0.3) is 0 Å². The number of rotatable bonds is 2. The first-order valence-electron chi connectivity index (χ1n) is 8.09. The Morgan fingerprint density at radius 1 is 1.04 bits per heavy atom. The van der Waals surface area contributed by atoms with E-state index in [9.17, 15) is 4.79 Å². The van der Waals surface area contributed by atoms with Gasteiger partial charge in [-0.2, -0.15) is 10.1 Å². The van der Waals surface area contributed by atoms with Crippen LogP contribution in [0.5, 0.6) is 0 Å². The second-order valence-corrected chi connectivity index (χ2v) is 6.06. The topological polar surface area (TPSA) is 51.0 Å². The molecule has 2 heterocycles. The van der Waals surface area contributed by atoms with Gasteiger partial charge in [0.25, 0.3) is 5.91 Å². The molecule has 120 valence electrons. The highest BCUT2D eigenvalue weighted by Crippen LogP contribution is 2.34. The zero-order chi connectivity index (χ0) is 16.5. The zero-order valence-electron chi connectivity index (χ0n) is 13.4. The van der Waals surface area contributed by atoms with Crippen molar-refractivity contribution in [1.29, 1.82) is 0 Å². The predicted molar refractivity (Wildman–Crippen MR) is 91.9 cm³/mol. The lowest BCUT2D eigenvalue weighted by Gasteiger charge is -2.37. The van der Waals surface area contributed by atoms with Gasteiger partial charge in [-0.05, 0) is 31.0 Å². The molecule has 24 heavy (non-hydrogen) atoms. The van der Waals surface area contributed by atoms with Crippen molar-refractivity contribution in [3.05, 3.63) is 78.1 Å². The second kappa shape index (κ2) is 5.92. The summed E-state index contributed by atoms with van der Waals surface area (Å²) in [6.45, 7) is 2.06. The van der Waals surface area contributed by atoms with Crippen molar-refractivity contribution in [2.75, 3.05) is 4.90 Å². The van der Waals surface area contributed by atoms with E-state index in [1.165, 1.54) is 11.9 Å². The first kappa shape index (κ1) is 14.6. The molecule has 1 aliphatic heterocycles. The molecule has 0 fully saturated rings. The number of hydrogen-bond acceptors (Lipinski definition) is 3. The van der Waals surface area contributed by atoms with Gasteiger partial charge in [-0.25, -0.2) is 4.68 Å². The lowest BCUT2D eigenvalue weighted by molar-refractivity contribution is 0.0966. The van der Waals surface area contributed by atoms with Crippen molar-refractivity contribution in [2.45, 2.75) is 25.4 Å². The third kappa shape index (κ3) is 2.38. The highest BCUT2D eigenvalue weighted by atomic mass is 16.2. The van der Waals surface area contributed by atoms with E-state index >= 15 is 0 Å². The molecule has 1 aliphatic rings. The number of benzene rings is 2. The van der Waals surface area contributed by atoms with Gasteiger partial charge in [-0.1, -0.05) is 48.5 Å². The number of aromatic nitrogens is 3. The van der Waals surface area contributed by atoms with Crippen LogP contribution in [0.4, 0.5) is 5.95 Å². The zero-order valence-corrected chi connectivity index (χ0v) is 13.4. The Balaban J connectivity index is 1.74. The first-order valence-corrected chi connectivity index (χ1v) is 8.09. The van der Waals surface area contributed by atoms with Crippen molar-refractivity contribution in [2.24, 2.45) is 0 Å². The Morgan fingerprint density at radius 3 is 2.42 bits per heavy atom. The van der Waals surface area contributed by atoms with E-state index in [-0.39, 0.29) is 18.0 Å². The molecule has 2 aromatic carbocycles. The molecular weight excluding hydrogens is 300 g/mol.